The van der Waals surface area contributed by atoms with Gasteiger partial charge in [-0.3, -0.25) is 0 Å². The third-order valence-electron chi connectivity index (χ3n) is 3.90. The van der Waals surface area contributed by atoms with Gasteiger partial charge in [-0.1, -0.05) is 12.1 Å². The second-order valence-electron chi connectivity index (χ2n) is 5.33. The van der Waals surface area contributed by atoms with Crippen molar-refractivity contribution < 1.29 is 9.26 Å². The zero-order chi connectivity index (χ0) is 13.0. The summed E-state index contributed by atoms with van der Waals surface area (Å²) < 4.78 is 11.0. The van der Waals surface area contributed by atoms with Gasteiger partial charge in [-0.05, 0) is 32.6 Å². The first-order valence-corrected chi connectivity index (χ1v) is 6.82. The van der Waals surface area contributed by atoms with Gasteiger partial charge in [0.1, 0.15) is 0 Å². The molecule has 1 saturated heterocycles. The van der Waals surface area contributed by atoms with Crippen LogP contribution in [-0.2, 0) is 16.6 Å². The van der Waals surface area contributed by atoms with Crippen molar-refractivity contribution in [3.63, 3.8) is 0 Å². The lowest BCUT2D eigenvalue weighted by Crippen LogP contribution is -2.31. The minimum absolute atomic E-state index is 0.210. The Morgan fingerprint density at radius 1 is 1.44 bits per heavy atom. The molecule has 0 bridgehead atoms. The van der Waals surface area contributed by atoms with Crippen molar-refractivity contribution in [2.45, 2.75) is 57.5 Å². The summed E-state index contributed by atoms with van der Waals surface area (Å²) in [6.07, 6.45) is 5.36. The van der Waals surface area contributed by atoms with Crippen LogP contribution in [0.4, 0.5) is 0 Å². The van der Waals surface area contributed by atoms with E-state index in [1.807, 2.05) is 0 Å². The molecule has 0 saturated carbocycles. The number of hydrogen-bond acceptors (Lipinski definition) is 5. The Morgan fingerprint density at radius 2 is 2.28 bits per heavy atom. The summed E-state index contributed by atoms with van der Waals surface area (Å²) in [5.41, 5.74) is 5.58. The second-order valence-corrected chi connectivity index (χ2v) is 5.33. The van der Waals surface area contributed by atoms with Gasteiger partial charge in [-0.2, -0.15) is 4.98 Å². The molecule has 1 aromatic rings. The van der Waals surface area contributed by atoms with Crippen LogP contribution in [0, 0.1) is 0 Å². The molecule has 1 fully saturated rings. The summed E-state index contributed by atoms with van der Waals surface area (Å²) >= 11 is 0. The molecule has 2 atom stereocenters. The van der Waals surface area contributed by atoms with Crippen LogP contribution in [-0.4, -0.2) is 29.4 Å². The van der Waals surface area contributed by atoms with E-state index in [9.17, 15) is 0 Å². The third kappa shape index (κ3) is 2.90. The fourth-order valence-electron chi connectivity index (χ4n) is 2.14. The fourth-order valence-corrected chi connectivity index (χ4v) is 2.14. The van der Waals surface area contributed by atoms with Crippen LogP contribution >= 0.6 is 0 Å². The molecule has 5 heteroatoms. The molecular formula is C13H23N3O2. The predicted octanol–water partition coefficient (Wildman–Crippen LogP) is 1.81. The first-order valence-electron chi connectivity index (χ1n) is 6.82. The molecule has 0 spiro atoms. The van der Waals surface area contributed by atoms with Crippen molar-refractivity contribution >= 4 is 0 Å². The van der Waals surface area contributed by atoms with E-state index >= 15 is 0 Å². The molecule has 18 heavy (non-hydrogen) atoms. The number of aromatic nitrogens is 2. The quantitative estimate of drug-likeness (QED) is 0.866. The van der Waals surface area contributed by atoms with Gasteiger partial charge in [0.15, 0.2) is 5.82 Å². The number of nitrogens with zero attached hydrogens (tertiary/aromatic N) is 2. The van der Waals surface area contributed by atoms with Crippen LogP contribution in [0.15, 0.2) is 4.52 Å². The van der Waals surface area contributed by atoms with Crippen molar-refractivity contribution in [3.05, 3.63) is 11.7 Å². The Balaban J connectivity index is 2.01. The van der Waals surface area contributed by atoms with E-state index < -0.39 is 0 Å². The van der Waals surface area contributed by atoms with E-state index in [1.165, 1.54) is 6.42 Å². The maximum absolute atomic E-state index is 5.79. The lowest BCUT2D eigenvalue weighted by molar-refractivity contribution is 0.0153. The van der Waals surface area contributed by atoms with Crippen LogP contribution in [0.2, 0.25) is 0 Å². The molecule has 0 amide bonds. The average molecular weight is 253 g/mol. The van der Waals surface area contributed by atoms with Crippen molar-refractivity contribution in [3.8, 4) is 0 Å². The van der Waals surface area contributed by atoms with Crippen molar-refractivity contribution in [2.75, 3.05) is 13.2 Å². The normalized spacial score (nSPS) is 23.8. The molecule has 1 aliphatic rings. The smallest absolute Gasteiger partial charge is 0.233 e. The van der Waals surface area contributed by atoms with Gasteiger partial charge in [0.05, 0.1) is 11.5 Å². The largest absolute Gasteiger partial charge is 0.378 e. The highest BCUT2D eigenvalue weighted by Gasteiger charge is 2.30. The molecule has 0 aromatic carbocycles. The highest BCUT2D eigenvalue weighted by molar-refractivity contribution is 5.04. The summed E-state index contributed by atoms with van der Waals surface area (Å²) in [7, 11) is 0. The summed E-state index contributed by atoms with van der Waals surface area (Å²) in [6, 6.07) is 0. The third-order valence-corrected chi connectivity index (χ3v) is 3.90. The van der Waals surface area contributed by atoms with E-state index in [2.05, 4.69) is 24.0 Å². The van der Waals surface area contributed by atoms with Gasteiger partial charge in [-0.25, -0.2) is 0 Å². The Morgan fingerprint density at radius 3 is 2.89 bits per heavy atom. The number of hydrogen-bond donors (Lipinski definition) is 1. The highest BCUT2D eigenvalue weighted by atomic mass is 16.5. The fraction of sp³-hybridized carbons (Fsp3) is 0.846. The van der Waals surface area contributed by atoms with Crippen molar-refractivity contribution in [1.82, 2.24) is 10.1 Å². The molecule has 2 N–H and O–H groups in total. The maximum Gasteiger partial charge on any atom is 0.233 e. The molecule has 5 nitrogen and oxygen atoms in total. The predicted molar refractivity (Wildman–Crippen MR) is 68.3 cm³/mol. The Bertz CT molecular complexity index is 368. The molecule has 1 aromatic heterocycles. The summed E-state index contributed by atoms with van der Waals surface area (Å²) in [4.78, 5) is 4.48. The number of nitrogens with two attached hydrogens (primary N) is 1. The minimum atomic E-state index is -0.210. The van der Waals surface area contributed by atoms with E-state index in [4.69, 9.17) is 15.0 Å². The summed E-state index contributed by atoms with van der Waals surface area (Å²) in [5.74, 6) is 1.39. The lowest BCUT2D eigenvalue weighted by Gasteiger charge is -2.21. The van der Waals surface area contributed by atoms with Crippen LogP contribution in [0.3, 0.4) is 0 Å². The molecule has 2 unspecified atom stereocenters. The van der Waals surface area contributed by atoms with Gasteiger partial charge in [0, 0.05) is 19.6 Å². The monoisotopic (exact) mass is 253 g/mol. The SMILES string of the molecule is CCC(C)(CN)c1nc(CC2CCCCO2)no1. The average Bonchev–Trinajstić information content (AvgIpc) is 2.88. The number of ether oxygens (including phenoxy) is 1. The molecule has 2 rings (SSSR count). The molecule has 0 radical (unpaired) electrons. The Kier molecular flexibility index (Phi) is 4.35. The Labute approximate surface area is 108 Å². The maximum atomic E-state index is 5.79. The highest BCUT2D eigenvalue weighted by Crippen LogP contribution is 2.25. The first kappa shape index (κ1) is 13.5. The number of rotatable bonds is 5. The first-order chi connectivity index (χ1) is 8.68. The molecule has 0 aliphatic carbocycles. The summed E-state index contributed by atoms with van der Waals surface area (Å²) in [6.45, 7) is 5.51. The topological polar surface area (TPSA) is 74.2 Å². The van der Waals surface area contributed by atoms with Gasteiger partial charge < -0.3 is 15.0 Å². The van der Waals surface area contributed by atoms with Gasteiger partial charge in [0.25, 0.3) is 0 Å². The van der Waals surface area contributed by atoms with Crippen molar-refractivity contribution in [2.24, 2.45) is 5.73 Å². The molecule has 1 aliphatic heterocycles. The van der Waals surface area contributed by atoms with Gasteiger partial charge >= 0.3 is 0 Å². The van der Waals surface area contributed by atoms with E-state index in [0.717, 1.165) is 38.1 Å². The van der Waals surface area contributed by atoms with Crippen molar-refractivity contribution in [1.29, 1.82) is 0 Å². The Hall–Kier alpha value is -0.940. The molecule has 102 valence electrons. The van der Waals surface area contributed by atoms with Crippen LogP contribution in [0.5, 0.6) is 0 Å². The molecular weight excluding hydrogens is 230 g/mol. The molecule has 2 heterocycles. The van der Waals surface area contributed by atoms with E-state index in [-0.39, 0.29) is 11.5 Å². The summed E-state index contributed by atoms with van der Waals surface area (Å²) in [5, 5.41) is 4.05. The van der Waals surface area contributed by atoms with Crippen LogP contribution < -0.4 is 5.73 Å². The second kappa shape index (κ2) is 5.80. The minimum Gasteiger partial charge on any atom is -0.378 e. The van der Waals surface area contributed by atoms with Crippen LogP contribution in [0.25, 0.3) is 0 Å². The lowest BCUT2D eigenvalue weighted by atomic mass is 9.88. The standard InChI is InChI=1S/C13H23N3O2/c1-3-13(2,9-14)12-15-11(16-18-12)8-10-6-4-5-7-17-10/h10H,3-9,14H2,1-2H3. The van der Waals surface area contributed by atoms with Crippen LogP contribution in [0.1, 0.15) is 51.2 Å². The van der Waals surface area contributed by atoms with Gasteiger partial charge in [-0.15, -0.1) is 0 Å². The van der Waals surface area contributed by atoms with E-state index in [0.29, 0.717) is 12.4 Å². The van der Waals surface area contributed by atoms with Gasteiger partial charge in [0.2, 0.25) is 5.89 Å². The zero-order valence-corrected chi connectivity index (χ0v) is 11.3. The van der Waals surface area contributed by atoms with E-state index in [1.54, 1.807) is 0 Å². The zero-order valence-electron chi connectivity index (χ0n) is 11.3.